The minimum absolute atomic E-state index is 0.126. The minimum Gasteiger partial charge on any atom is -0.303 e. The first-order valence-electron chi connectivity index (χ1n) is 10.9. The van der Waals surface area contributed by atoms with Crippen LogP contribution in [-0.4, -0.2) is 32.3 Å². The van der Waals surface area contributed by atoms with E-state index < -0.39 is 0 Å². The molecular weight excluding hydrogens is 537 g/mol. The lowest BCUT2D eigenvalue weighted by Crippen LogP contribution is -2.25. The van der Waals surface area contributed by atoms with E-state index in [1.54, 1.807) is 23.0 Å². The number of amides is 1. The highest BCUT2D eigenvalue weighted by Gasteiger charge is 2.30. The fourth-order valence-electron chi connectivity index (χ4n) is 3.64. The largest absolute Gasteiger partial charge is 0.303 e. The van der Waals surface area contributed by atoms with Gasteiger partial charge in [0.25, 0.3) is 0 Å². The van der Waals surface area contributed by atoms with E-state index in [4.69, 9.17) is 39.9 Å². The lowest BCUT2D eigenvalue weighted by molar-refractivity contribution is -0.118. The van der Waals surface area contributed by atoms with Gasteiger partial charge in [0.15, 0.2) is 5.17 Å². The van der Waals surface area contributed by atoms with Gasteiger partial charge in [-0.2, -0.15) is 10.2 Å². The Morgan fingerprint density at radius 2 is 1.78 bits per heavy atom. The summed E-state index contributed by atoms with van der Waals surface area (Å²) in [5.41, 5.74) is 4.24. The van der Waals surface area contributed by atoms with E-state index in [-0.39, 0.29) is 11.2 Å². The summed E-state index contributed by atoms with van der Waals surface area (Å²) in [7, 11) is 0. The van der Waals surface area contributed by atoms with E-state index in [1.165, 1.54) is 11.8 Å². The molecule has 1 amide bonds. The number of thioether (sulfide) groups is 1. The zero-order valence-corrected chi connectivity index (χ0v) is 21.7. The molecule has 1 unspecified atom stereocenters. The Morgan fingerprint density at radius 1 is 1.00 bits per heavy atom. The number of nitrogens with one attached hydrogen (secondary N) is 1. The maximum atomic E-state index is 12.5. The number of rotatable bonds is 6. The SMILES string of the molecule is O=C1N/C(=N\N=C\c2cn(-c3ccccc3)nc2-c2ccc(Cl)cc2)SC1Cc1ccc(Cl)c(Cl)c1. The molecule has 2 heterocycles. The van der Waals surface area contributed by atoms with Gasteiger partial charge in [0, 0.05) is 22.3 Å². The third kappa shape index (κ3) is 5.65. The third-order valence-corrected chi connectivity index (χ3v) is 7.47. The number of carbonyl (C=O) groups is 1. The van der Waals surface area contributed by atoms with Gasteiger partial charge in [-0.25, -0.2) is 4.68 Å². The van der Waals surface area contributed by atoms with E-state index in [0.29, 0.717) is 26.7 Å². The van der Waals surface area contributed by atoms with Gasteiger partial charge in [-0.15, -0.1) is 5.10 Å². The van der Waals surface area contributed by atoms with Gasteiger partial charge < -0.3 is 5.32 Å². The van der Waals surface area contributed by atoms with Crippen molar-refractivity contribution in [3.63, 3.8) is 0 Å². The summed E-state index contributed by atoms with van der Waals surface area (Å²) in [5.74, 6) is -0.126. The fraction of sp³-hybridized carbons (Fsp3) is 0.0769. The summed E-state index contributed by atoms with van der Waals surface area (Å²) in [6, 6.07) is 22.6. The molecular formula is C26H18Cl3N5OS. The molecule has 0 radical (unpaired) electrons. The second-order valence-electron chi connectivity index (χ2n) is 7.92. The Kier molecular flexibility index (Phi) is 7.43. The highest BCUT2D eigenvalue weighted by molar-refractivity contribution is 8.15. The van der Waals surface area contributed by atoms with Crippen LogP contribution in [0, 0.1) is 0 Å². The molecule has 1 aliphatic heterocycles. The number of nitrogens with zero attached hydrogens (tertiary/aromatic N) is 4. The number of aromatic nitrogens is 2. The van der Waals surface area contributed by atoms with Crippen molar-refractivity contribution in [2.24, 2.45) is 10.2 Å². The first-order chi connectivity index (χ1) is 17.5. The van der Waals surface area contributed by atoms with E-state index in [0.717, 1.165) is 28.1 Å². The Balaban J connectivity index is 1.36. The average Bonchev–Trinajstić information content (AvgIpc) is 3.46. The van der Waals surface area contributed by atoms with Crippen LogP contribution in [0.15, 0.2) is 89.2 Å². The topological polar surface area (TPSA) is 71.6 Å². The Hall–Kier alpha value is -3.10. The van der Waals surface area contributed by atoms with Crippen molar-refractivity contribution in [1.82, 2.24) is 15.1 Å². The monoisotopic (exact) mass is 553 g/mol. The molecule has 1 N–H and O–H groups in total. The van der Waals surface area contributed by atoms with Gasteiger partial charge in [-0.3, -0.25) is 4.79 Å². The van der Waals surface area contributed by atoms with Gasteiger partial charge in [0.2, 0.25) is 5.91 Å². The molecule has 1 fully saturated rings. The van der Waals surface area contributed by atoms with Crippen molar-refractivity contribution in [3.8, 4) is 16.9 Å². The van der Waals surface area contributed by atoms with Gasteiger partial charge in [0.05, 0.1) is 27.2 Å². The van der Waals surface area contributed by atoms with Gasteiger partial charge in [0.1, 0.15) is 5.69 Å². The summed E-state index contributed by atoms with van der Waals surface area (Å²) in [4.78, 5) is 12.5. The number of para-hydroxylation sites is 1. The van der Waals surface area contributed by atoms with E-state index in [2.05, 4.69) is 15.5 Å². The van der Waals surface area contributed by atoms with E-state index in [9.17, 15) is 4.79 Å². The highest BCUT2D eigenvalue weighted by Crippen LogP contribution is 2.28. The summed E-state index contributed by atoms with van der Waals surface area (Å²) in [6.45, 7) is 0. The van der Waals surface area contributed by atoms with Gasteiger partial charge >= 0.3 is 0 Å². The number of carbonyl (C=O) groups excluding carboxylic acids is 1. The predicted molar refractivity (Wildman–Crippen MR) is 149 cm³/mol. The summed E-state index contributed by atoms with van der Waals surface area (Å²) < 4.78 is 1.79. The van der Waals surface area contributed by atoms with Crippen LogP contribution >= 0.6 is 46.6 Å². The lowest BCUT2D eigenvalue weighted by Gasteiger charge is -2.06. The molecule has 1 aromatic heterocycles. The Morgan fingerprint density at radius 3 is 2.53 bits per heavy atom. The van der Waals surface area contributed by atoms with Gasteiger partial charge in [-0.05, 0) is 48.4 Å². The molecule has 5 rings (SSSR count). The number of benzene rings is 3. The van der Waals surface area contributed by atoms with Crippen LogP contribution in [0.25, 0.3) is 16.9 Å². The Labute approximate surface area is 227 Å². The minimum atomic E-state index is -0.332. The van der Waals surface area contributed by atoms with E-state index >= 15 is 0 Å². The smallest absolute Gasteiger partial charge is 0.239 e. The van der Waals surface area contributed by atoms with Crippen LogP contribution in [-0.2, 0) is 11.2 Å². The first kappa shape index (κ1) is 24.6. The molecule has 10 heteroatoms. The number of hydrogen-bond acceptors (Lipinski definition) is 5. The molecule has 0 spiro atoms. The number of amidine groups is 1. The maximum absolute atomic E-state index is 12.5. The summed E-state index contributed by atoms with van der Waals surface area (Å²) >= 11 is 19.5. The first-order valence-corrected chi connectivity index (χ1v) is 12.9. The highest BCUT2D eigenvalue weighted by atomic mass is 35.5. The van der Waals surface area contributed by atoms with Crippen LogP contribution in [0.3, 0.4) is 0 Å². The normalized spacial score (nSPS) is 16.7. The zero-order chi connectivity index (χ0) is 25.1. The maximum Gasteiger partial charge on any atom is 0.239 e. The molecule has 0 saturated carbocycles. The van der Waals surface area contributed by atoms with Crippen molar-refractivity contribution >= 4 is 63.9 Å². The number of hydrogen-bond donors (Lipinski definition) is 1. The second-order valence-corrected chi connectivity index (χ2v) is 10.4. The lowest BCUT2D eigenvalue weighted by atomic mass is 10.1. The van der Waals surface area contributed by atoms with Crippen molar-refractivity contribution in [1.29, 1.82) is 0 Å². The van der Waals surface area contributed by atoms with Gasteiger partial charge in [-0.1, -0.05) is 83.0 Å². The summed E-state index contributed by atoms with van der Waals surface area (Å²) in [6.07, 6.45) is 4.01. The van der Waals surface area contributed by atoms with Crippen LogP contribution in [0.5, 0.6) is 0 Å². The molecule has 1 saturated heterocycles. The standard InChI is InChI=1S/C26H18Cl3N5OS/c27-19-9-7-17(8-10-19)24-18(15-34(33-24)20-4-2-1-3-5-20)14-30-32-26-31-25(35)23(36-26)13-16-6-11-21(28)22(29)12-16/h1-12,14-15,23H,13H2,(H,31,32,35)/b30-14+. The van der Waals surface area contributed by atoms with Crippen LogP contribution in [0.2, 0.25) is 15.1 Å². The van der Waals surface area contributed by atoms with Crippen LogP contribution < -0.4 is 5.32 Å². The summed E-state index contributed by atoms with van der Waals surface area (Å²) in [5, 5.41) is 17.7. The third-order valence-electron chi connectivity index (χ3n) is 5.41. The van der Waals surface area contributed by atoms with E-state index in [1.807, 2.05) is 66.9 Å². The van der Waals surface area contributed by atoms with Crippen molar-refractivity contribution < 1.29 is 4.79 Å². The number of halogens is 3. The van der Waals surface area contributed by atoms with Crippen molar-refractivity contribution in [2.45, 2.75) is 11.7 Å². The molecule has 4 aromatic rings. The van der Waals surface area contributed by atoms with Crippen molar-refractivity contribution in [2.75, 3.05) is 0 Å². The molecule has 0 aliphatic carbocycles. The fourth-order valence-corrected chi connectivity index (χ4v) is 5.05. The van der Waals surface area contributed by atoms with Crippen LogP contribution in [0.4, 0.5) is 0 Å². The molecule has 36 heavy (non-hydrogen) atoms. The predicted octanol–water partition coefficient (Wildman–Crippen LogP) is 6.66. The quantitative estimate of drug-likeness (QED) is 0.214. The zero-order valence-electron chi connectivity index (χ0n) is 18.6. The molecule has 1 atom stereocenters. The molecule has 6 nitrogen and oxygen atoms in total. The van der Waals surface area contributed by atoms with Crippen molar-refractivity contribution in [3.05, 3.63) is 105 Å². The van der Waals surface area contributed by atoms with Crippen LogP contribution in [0.1, 0.15) is 11.1 Å². The molecule has 180 valence electrons. The molecule has 3 aromatic carbocycles. The molecule has 0 bridgehead atoms. The second kappa shape index (κ2) is 10.9. The Bertz CT molecular complexity index is 1470. The molecule has 1 aliphatic rings. The average molecular weight is 555 g/mol.